The van der Waals surface area contributed by atoms with Gasteiger partial charge in [0.25, 0.3) is 0 Å². The molecule has 0 spiro atoms. The third-order valence-electron chi connectivity index (χ3n) is 5.55. The average Bonchev–Trinajstić information content (AvgIpc) is 3.13. The minimum Gasteiger partial charge on any atom is -0.491 e. The molecule has 0 bridgehead atoms. The van der Waals surface area contributed by atoms with Crippen LogP contribution in [0, 0.1) is 19.7 Å². The van der Waals surface area contributed by atoms with Crippen molar-refractivity contribution >= 4 is 11.6 Å². The number of aromatic nitrogens is 2. The number of aryl methyl sites for hydroxylation is 2. The van der Waals surface area contributed by atoms with Crippen molar-refractivity contribution in [1.82, 2.24) is 15.5 Å². The summed E-state index contributed by atoms with van der Waals surface area (Å²) in [7, 11) is 0. The van der Waals surface area contributed by atoms with Crippen LogP contribution in [0.2, 0.25) is 0 Å². The summed E-state index contributed by atoms with van der Waals surface area (Å²) in [5, 5.41) is 10.4. The van der Waals surface area contributed by atoms with E-state index in [0.29, 0.717) is 35.5 Å². The van der Waals surface area contributed by atoms with Crippen molar-refractivity contribution in [2.75, 3.05) is 18.5 Å². The molecule has 0 aliphatic carbocycles. The van der Waals surface area contributed by atoms with Crippen LogP contribution in [0.25, 0.3) is 11.1 Å². The quantitative estimate of drug-likeness (QED) is 0.575. The maximum absolute atomic E-state index is 13.0. The molecule has 1 fully saturated rings. The largest absolute Gasteiger partial charge is 0.491 e. The highest BCUT2D eigenvalue weighted by atomic mass is 19.1. The molecule has 32 heavy (non-hydrogen) atoms. The first-order valence-electron chi connectivity index (χ1n) is 10.8. The zero-order valence-electron chi connectivity index (χ0n) is 18.3. The van der Waals surface area contributed by atoms with E-state index in [1.165, 1.54) is 25.0 Å². The van der Waals surface area contributed by atoms with E-state index in [4.69, 9.17) is 9.26 Å². The minimum absolute atomic E-state index is 0.0482. The standard InChI is InChI=1S/C24H27FN4O3/c1-15-24(16(2)32-29-15)21-11-19(28-23(30)12-18-7-6-17(25)13-27-18)8-9-22(21)31-14-20-5-3-4-10-26-20/h6-9,11,13,20,26H,3-5,10,12,14H2,1-2H3,(H,28,30)/t20-/m1/s1. The van der Waals surface area contributed by atoms with E-state index in [2.05, 4.69) is 20.8 Å². The Kier molecular flexibility index (Phi) is 6.80. The monoisotopic (exact) mass is 438 g/mol. The molecule has 0 radical (unpaired) electrons. The van der Waals surface area contributed by atoms with Gasteiger partial charge < -0.3 is 19.9 Å². The van der Waals surface area contributed by atoms with Crippen molar-refractivity contribution in [3.63, 3.8) is 0 Å². The highest BCUT2D eigenvalue weighted by Gasteiger charge is 2.19. The van der Waals surface area contributed by atoms with Crippen molar-refractivity contribution in [3.8, 4) is 16.9 Å². The first kappa shape index (κ1) is 22.0. The summed E-state index contributed by atoms with van der Waals surface area (Å²) in [6.45, 7) is 5.31. The van der Waals surface area contributed by atoms with Gasteiger partial charge in [0.15, 0.2) is 0 Å². The molecule has 1 aromatic carbocycles. The van der Waals surface area contributed by atoms with Crippen LogP contribution in [0.3, 0.4) is 0 Å². The molecule has 1 aliphatic rings. The molecule has 8 heteroatoms. The number of hydrogen-bond donors (Lipinski definition) is 2. The molecule has 1 aliphatic heterocycles. The Morgan fingerprint density at radius 1 is 1.28 bits per heavy atom. The summed E-state index contributed by atoms with van der Waals surface area (Å²) in [6.07, 6.45) is 4.64. The van der Waals surface area contributed by atoms with Gasteiger partial charge in [-0.1, -0.05) is 11.6 Å². The summed E-state index contributed by atoms with van der Waals surface area (Å²) >= 11 is 0. The van der Waals surface area contributed by atoms with Gasteiger partial charge >= 0.3 is 0 Å². The first-order chi connectivity index (χ1) is 15.5. The molecule has 4 rings (SSSR count). The number of pyridine rings is 1. The molecular weight excluding hydrogens is 411 g/mol. The molecule has 0 unspecified atom stereocenters. The van der Waals surface area contributed by atoms with Gasteiger partial charge in [0.1, 0.15) is 23.9 Å². The Morgan fingerprint density at radius 2 is 2.16 bits per heavy atom. The summed E-state index contributed by atoms with van der Waals surface area (Å²) in [5.41, 5.74) is 3.54. The van der Waals surface area contributed by atoms with Gasteiger partial charge in [0.2, 0.25) is 5.91 Å². The first-order valence-corrected chi connectivity index (χ1v) is 10.8. The lowest BCUT2D eigenvalue weighted by atomic mass is 10.0. The van der Waals surface area contributed by atoms with Gasteiger partial charge in [-0.3, -0.25) is 9.78 Å². The average molecular weight is 439 g/mol. The SMILES string of the molecule is Cc1noc(C)c1-c1cc(NC(=O)Cc2ccc(F)cn2)ccc1OC[C@H]1CCCCN1. The number of nitrogens with zero attached hydrogens (tertiary/aromatic N) is 2. The Bertz CT molecular complexity index is 1060. The van der Waals surface area contributed by atoms with Crippen LogP contribution < -0.4 is 15.4 Å². The third-order valence-corrected chi connectivity index (χ3v) is 5.55. The van der Waals surface area contributed by atoms with E-state index in [-0.39, 0.29) is 12.3 Å². The minimum atomic E-state index is -0.433. The predicted molar refractivity (Wildman–Crippen MR) is 119 cm³/mol. The maximum Gasteiger partial charge on any atom is 0.230 e. The normalized spacial score (nSPS) is 16.0. The molecule has 3 aromatic rings. The van der Waals surface area contributed by atoms with E-state index in [9.17, 15) is 9.18 Å². The number of anilines is 1. The fourth-order valence-electron chi connectivity index (χ4n) is 3.93. The van der Waals surface area contributed by atoms with Crippen LogP contribution in [-0.2, 0) is 11.2 Å². The molecule has 3 heterocycles. The lowest BCUT2D eigenvalue weighted by Gasteiger charge is -2.24. The van der Waals surface area contributed by atoms with Crippen molar-refractivity contribution in [3.05, 3.63) is 59.5 Å². The molecule has 7 nitrogen and oxygen atoms in total. The highest BCUT2D eigenvalue weighted by molar-refractivity contribution is 5.93. The Balaban J connectivity index is 1.54. The van der Waals surface area contributed by atoms with Gasteiger partial charge in [-0.2, -0.15) is 0 Å². The Labute approximate surface area is 186 Å². The zero-order valence-corrected chi connectivity index (χ0v) is 18.3. The molecule has 1 amide bonds. The highest BCUT2D eigenvalue weighted by Crippen LogP contribution is 2.37. The van der Waals surface area contributed by atoms with Gasteiger partial charge in [0, 0.05) is 23.0 Å². The zero-order chi connectivity index (χ0) is 22.5. The van der Waals surface area contributed by atoms with Crippen LogP contribution in [0.5, 0.6) is 5.75 Å². The molecule has 168 valence electrons. The summed E-state index contributed by atoms with van der Waals surface area (Å²) < 4.78 is 24.6. The van der Waals surface area contributed by atoms with Gasteiger partial charge in [-0.05, 0) is 63.6 Å². The molecule has 1 saturated heterocycles. The number of rotatable bonds is 7. The summed E-state index contributed by atoms with van der Waals surface area (Å²) in [5.74, 6) is 0.721. The predicted octanol–water partition coefficient (Wildman–Crippen LogP) is 4.19. The number of hydrogen-bond acceptors (Lipinski definition) is 6. The number of ether oxygens (including phenoxy) is 1. The van der Waals surface area contributed by atoms with E-state index in [1.54, 1.807) is 6.07 Å². The number of carbonyl (C=O) groups is 1. The second-order valence-corrected chi connectivity index (χ2v) is 8.06. The number of carbonyl (C=O) groups excluding carboxylic acids is 1. The van der Waals surface area contributed by atoms with E-state index in [0.717, 1.165) is 36.0 Å². The topological polar surface area (TPSA) is 89.3 Å². The van der Waals surface area contributed by atoms with Crippen molar-refractivity contribution in [2.24, 2.45) is 0 Å². The lowest BCUT2D eigenvalue weighted by Crippen LogP contribution is -2.38. The number of nitrogens with one attached hydrogen (secondary N) is 2. The number of amides is 1. The molecule has 0 saturated carbocycles. The number of benzene rings is 1. The van der Waals surface area contributed by atoms with Crippen molar-refractivity contribution < 1.29 is 18.4 Å². The summed E-state index contributed by atoms with van der Waals surface area (Å²) in [6, 6.07) is 8.64. The van der Waals surface area contributed by atoms with Gasteiger partial charge in [-0.15, -0.1) is 0 Å². The summed E-state index contributed by atoms with van der Waals surface area (Å²) in [4.78, 5) is 16.4. The fourth-order valence-corrected chi connectivity index (χ4v) is 3.93. The van der Waals surface area contributed by atoms with E-state index in [1.807, 2.05) is 26.0 Å². The lowest BCUT2D eigenvalue weighted by molar-refractivity contribution is -0.115. The second-order valence-electron chi connectivity index (χ2n) is 8.06. The molecular formula is C24H27FN4O3. The fraction of sp³-hybridized carbons (Fsp3) is 0.375. The van der Waals surface area contributed by atoms with Crippen molar-refractivity contribution in [1.29, 1.82) is 0 Å². The third kappa shape index (κ3) is 5.31. The van der Waals surface area contributed by atoms with E-state index >= 15 is 0 Å². The molecule has 1 atom stereocenters. The van der Waals surface area contributed by atoms with Crippen molar-refractivity contribution in [2.45, 2.75) is 45.6 Å². The van der Waals surface area contributed by atoms with E-state index < -0.39 is 5.82 Å². The van der Waals surface area contributed by atoms with Gasteiger partial charge in [0.05, 0.1) is 23.9 Å². The number of halogens is 1. The van der Waals surface area contributed by atoms with Crippen LogP contribution in [0.4, 0.5) is 10.1 Å². The number of piperidine rings is 1. The molecule has 2 N–H and O–H groups in total. The van der Waals surface area contributed by atoms with Crippen LogP contribution >= 0.6 is 0 Å². The smallest absolute Gasteiger partial charge is 0.230 e. The second kappa shape index (κ2) is 9.91. The van der Waals surface area contributed by atoms with Gasteiger partial charge in [-0.25, -0.2) is 4.39 Å². The maximum atomic E-state index is 13.0. The molecule has 2 aromatic heterocycles. The van der Waals surface area contributed by atoms with Crippen LogP contribution in [0.15, 0.2) is 41.1 Å². The van der Waals surface area contributed by atoms with Crippen LogP contribution in [-0.4, -0.2) is 35.2 Å². The Morgan fingerprint density at radius 3 is 2.84 bits per heavy atom. The Hall–Kier alpha value is -3.26. The van der Waals surface area contributed by atoms with Crippen LogP contribution in [0.1, 0.15) is 36.4 Å².